The molecule has 4 rings (SSSR count). The summed E-state index contributed by atoms with van der Waals surface area (Å²) in [4.78, 5) is 17.9. The largest absolute Gasteiger partial charge is 0.351 e. The highest BCUT2D eigenvalue weighted by atomic mass is 35.5. The first-order chi connectivity index (χ1) is 17.0. The van der Waals surface area contributed by atoms with Gasteiger partial charge in [-0.3, -0.25) is 10.1 Å². The van der Waals surface area contributed by atoms with E-state index in [4.69, 9.17) is 16.6 Å². The van der Waals surface area contributed by atoms with E-state index in [1.165, 1.54) is 18.6 Å². The number of anilines is 1. The second-order valence-corrected chi connectivity index (χ2v) is 10.9. The van der Waals surface area contributed by atoms with Gasteiger partial charge in [-0.25, -0.2) is 18.6 Å². The highest BCUT2D eigenvalue weighted by molar-refractivity contribution is 6.31. The first-order valence-electron chi connectivity index (χ1n) is 12.2. The van der Waals surface area contributed by atoms with Crippen LogP contribution in [0.5, 0.6) is 0 Å². The van der Waals surface area contributed by atoms with Gasteiger partial charge in [0.25, 0.3) is 5.91 Å². The van der Waals surface area contributed by atoms with Crippen molar-refractivity contribution in [3.63, 3.8) is 0 Å². The van der Waals surface area contributed by atoms with Crippen LogP contribution in [0.4, 0.5) is 18.9 Å². The number of hydrogen-bond acceptors (Lipinski definition) is 3. The van der Waals surface area contributed by atoms with Crippen molar-refractivity contribution in [3.8, 4) is 0 Å². The van der Waals surface area contributed by atoms with Gasteiger partial charge in [-0.05, 0) is 76.8 Å². The summed E-state index contributed by atoms with van der Waals surface area (Å²) in [5.41, 5.74) is 4.37. The van der Waals surface area contributed by atoms with Gasteiger partial charge in [0.05, 0.1) is 16.3 Å². The molecule has 1 saturated heterocycles. The molecule has 10 heteroatoms. The topological polar surface area (TPSA) is 65.5 Å². The van der Waals surface area contributed by atoms with Crippen LogP contribution < -0.4 is 16.1 Å². The molecule has 1 atom stereocenters. The summed E-state index contributed by atoms with van der Waals surface area (Å²) in [5, 5.41) is 5.96. The summed E-state index contributed by atoms with van der Waals surface area (Å²) in [6.45, 7) is 7.26. The Labute approximate surface area is 214 Å². The van der Waals surface area contributed by atoms with E-state index in [9.17, 15) is 18.0 Å². The lowest BCUT2D eigenvalue weighted by atomic mass is 10.1. The maximum absolute atomic E-state index is 14.6. The van der Waals surface area contributed by atoms with Gasteiger partial charge in [0.1, 0.15) is 18.9 Å². The lowest BCUT2D eigenvalue weighted by Gasteiger charge is -2.38. The Hall–Kier alpha value is -2.78. The van der Waals surface area contributed by atoms with Crippen molar-refractivity contribution in [1.82, 2.24) is 10.6 Å². The lowest BCUT2D eigenvalue weighted by Crippen LogP contribution is -2.54. The molecule has 0 saturated carbocycles. The van der Waals surface area contributed by atoms with Gasteiger partial charge in [0.2, 0.25) is 12.1 Å². The van der Waals surface area contributed by atoms with E-state index in [-0.39, 0.29) is 16.5 Å². The van der Waals surface area contributed by atoms with Gasteiger partial charge in [-0.2, -0.15) is 9.58 Å². The Morgan fingerprint density at radius 2 is 1.67 bits per heavy atom. The van der Waals surface area contributed by atoms with Crippen LogP contribution in [0, 0.1) is 17.5 Å². The first-order valence-corrected chi connectivity index (χ1v) is 12.6. The molecule has 2 aromatic rings. The molecule has 1 fully saturated rings. The molecule has 3 N–H and O–H groups in total. The van der Waals surface area contributed by atoms with E-state index >= 15 is 0 Å². The highest BCUT2D eigenvalue weighted by Crippen LogP contribution is 2.45. The number of aliphatic imine (C=N–C) groups is 1. The van der Waals surface area contributed by atoms with Crippen LogP contribution >= 0.6 is 11.6 Å². The van der Waals surface area contributed by atoms with E-state index in [1.807, 2.05) is 20.8 Å². The number of guanidine groups is 1. The monoisotopic (exact) mass is 522 g/mol. The van der Waals surface area contributed by atoms with Gasteiger partial charge in [-0.15, -0.1) is 0 Å². The SMILES string of the molecule is CC(C)(C)NC(=NC1c2cc(F)c(Cl)cc2N[N+]12CCCCCCC2)NC(=O)c1ccc(F)c(F)c1. The third-order valence-corrected chi connectivity index (χ3v) is 6.74. The smallest absolute Gasteiger partial charge is 0.258 e. The average Bonchev–Trinajstić information content (AvgIpc) is 3.05. The molecule has 2 aliphatic heterocycles. The minimum absolute atomic E-state index is 0.0238. The van der Waals surface area contributed by atoms with E-state index in [2.05, 4.69) is 16.1 Å². The van der Waals surface area contributed by atoms with Gasteiger partial charge < -0.3 is 5.32 Å². The van der Waals surface area contributed by atoms with Crippen molar-refractivity contribution in [2.24, 2.45) is 4.99 Å². The van der Waals surface area contributed by atoms with Crippen molar-refractivity contribution in [3.05, 3.63) is 63.9 Å². The van der Waals surface area contributed by atoms with E-state index in [1.54, 1.807) is 6.07 Å². The van der Waals surface area contributed by atoms with Crippen molar-refractivity contribution in [2.75, 3.05) is 18.5 Å². The summed E-state index contributed by atoms with van der Waals surface area (Å²) >= 11 is 6.09. The quantitative estimate of drug-likeness (QED) is 0.255. The summed E-state index contributed by atoms with van der Waals surface area (Å²) < 4.78 is 42.1. The fraction of sp³-hybridized carbons (Fsp3) is 0.462. The molecule has 0 aliphatic carbocycles. The van der Waals surface area contributed by atoms with Gasteiger partial charge >= 0.3 is 0 Å². The van der Waals surface area contributed by atoms with Crippen LogP contribution in [-0.4, -0.2) is 35.1 Å². The normalized spacial score (nSPS) is 19.8. The third-order valence-electron chi connectivity index (χ3n) is 6.45. The van der Waals surface area contributed by atoms with E-state index in [0.717, 1.165) is 50.9 Å². The number of amides is 1. The van der Waals surface area contributed by atoms with Gasteiger partial charge in [0.15, 0.2) is 11.6 Å². The Morgan fingerprint density at radius 1 is 1.00 bits per heavy atom. The fourth-order valence-corrected chi connectivity index (χ4v) is 4.96. The summed E-state index contributed by atoms with van der Waals surface area (Å²) in [6.07, 6.45) is 4.72. The number of carbonyl (C=O) groups excluding carboxylic acids is 1. The predicted octanol–water partition coefficient (Wildman–Crippen LogP) is 6.05. The predicted molar refractivity (Wildman–Crippen MR) is 135 cm³/mol. The van der Waals surface area contributed by atoms with Crippen molar-refractivity contribution in [2.45, 2.75) is 64.6 Å². The summed E-state index contributed by atoms with van der Waals surface area (Å²) in [5.74, 6) is -3.17. The number of fused-ring (bicyclic) bond motifs is 1. The summed E-state index contributed by atoms with van der Waals surface area (Å²) in [6, 6.07) is 5.93. The molecule has 6 nitrogen and oxygen atoms in total. The van der Waals surface area contributed by atoms with Crippen molar-refractivity contribution >= 4 is 29.2 Å². The molecule has 194 valence electrons. The zero-order chi connectivity index (χ0) is 26.1. The van der Waals surface area contributed by atoms with Crippen molar-refractivity contribution in [1.29, 1.82) is 0 Å². The molecule has 2 aromatic carbocycles. The minimum atomic E-state index is -1.11. The molecule has 2 heterocycles. The second-order valence-electron chi connectivity index (χ2n) is 10.5. The number of carbonyl (C=O) groups is 1. The van der Waals surface area contributed by atoms with Crippen LogP contribution in [0.1, 0.15) is 75.0 Å². The number of rotatable bonds is 2. The maximum atomic E-state index is 14.6. The highest BCUT2D eigenvalue weighted by Gasteiger charge is 2.47. The average molecular weight is 523 g/mol. The number of hydrogen-bond donors (Lipinski definition) is 3. The molecular formula is C26H32ClF3N5O+. The van der Waals surface area contributed by atoms with Gasteiger partial charge in [-0.1, -0.05) is 18.0 Å². The lowest BCUT2D eigenvalue weighted by molar-refractivity contribution is -0.932. The second kappa shape index (κ2) is 10.3. The standard InChI is InChI=1S/C26H31ClF3N5O/c1-26(2,3)33-25(32-24(36)16-9-10-19(28)21(30)13-16)31-23-17-14-20(29)18(27)15-22(17)34-35(23)11-7-5-4-6-8-12-35/h9-10,13-15,23,34H,4-8,11-12H2,1-3H3,(H-,31,32,33,36)/p+1. The Morgan fingerprint density at radius 3 is 2.31 bits per heavy atom. The van der Waals surface area contributed by atoms with Gasteiger partial charge in [0, 0.05) is 11.1 Å². The Balaban J connectivity index is 1.76. The molecule has 1 spiro atoms. The molecule has 1 amide bonds. The molecule has 1 unspecified atom stereocenters. The fourth-order valence-electron chi connectivity index (χ4n) is 4.80. The van der Waals surface area contributed by atoms with E-state index < -0.39 is 35.1 Å². The van der Waals surface area contributed by atoms with Crippen molar-refractivity contribution < 1.29 is 22.6 Å². The number of nitrogens with one attached hydrogen (secondary N) is 3. The molecular weight excluding hydrogens is 491 g/mol. The minimum Gasteiger partial charge on any atom is -0.351 e. The maximum Gasteiger partial charge on any atom is 0.258 e. The molecule has 2 aliphatic rings. The van der Waals surface area contributed by atoms with Crippen LogP contribution in [0.25, 0.3) is 0 Å². The number of halogens is 4. The van der Waals surface area contributed by atoms with Crippen LogP contribution in [0.2, 0.25) is 5.02 Å². The first kappa shape index (κ1) is 26.3. The van der Waals surface area contributed by atoms with Crippen LogP contribution in [-0.2, 0) is 0 Å². The summed E-state index contributed by atoms with van der Waals surface area (Å²) in [7, 11) is 0. The van der Waals surface area contributed by atoms with Crippen LogP contribution in [0.3, 0.4) is 0 Å². The molecule has 0 bridgehead atoms. The van der Waals surface area contributed by atoms with Crippen LogP contribution in [0.15, 0.2) is 35.3 Å². The zero-order valence-corrected chi connectivity index (χ0v) is 21.5. The number of benzene rings is 2. The molecule has 36 heavy (non-hydrogen) atoms. The van der Waals surface area contributed by atoms with E-state index in [0.29, 0.717) is 15.8 Å². The zero-order valence-electron chi connectivity index (χ0n) is 20.7. The molecule has 0 radical (unpaired) electrons. The third kappa shape index (κ3) is 5.78. The molecule has 0 aromatic heterocycles. The number of quaternary nitrogens is 1. The number of nitrogens with zero attached hydrogens (tertiary/aromatic N) is 2. The Kier molecular flexibility index (Phi) is 7.52. The Bertz CT molecular complexity index is 1170.